The zero-order valence-corrected chi connectivity index (χ0v) is 14.1. The number of aliphatic hydroxyl groups is 1. The summed E-state index contributed by atoms with van der Waals surface area (Å²) >= 11 is 0. The van der Waals surface area contributed by atoms with Gasteiger partial charge < -0.3 is 25.6 Å². The number of hydrogen-bond donors (Lipinski definition) is 3. The number of fused-ring (bicyclic) bond motifs is 1. The smallest absolute Gasteiger partial charge is 0.225 e. The Morgan fingerprint density at radius 2 is 1.88 bits per heavy atom. The molecule has 7 heteroatoms. The molecule has 0 saturated heterocycles. The molecule has 1 saturated carbocycles. The van der Waals surface area contributed by atoms with Crippen LogP contribution in [0.2, 0.25) is 0 Å². The first-order valence-corrected chi connectivity index (χ1v) is 8.23. The molecule has 1 aromatic heterocycles. The number of nitrogens with one attached hydrogen (secondary N) is 1. The van der Waals surface area contributed by atoms with Crippen molar-refractivity contribution in [1.82, 2.24) is 9.97 Å². The summed E-state index contributed by atoms with van der Waals surface area (Å²) in [6, 6.07) is 3.53. The van der Waals surface area contributed by atoms with Gasteiger partial charge in [0.2, 0.25) is 5.95 Å². The van der Waals surface area contributed by atoms with Gasteiger partial charge in [0.25, 0.3) is 0 Å². The predicted molar refractivity (Wildman–Crippen MR) is 93.5 cm³/mol. The summed E-state index contributed by atoms with van der Waals surface area (Å²) in [5.74, 6) is 2.29. The molecule has 0 aliphatic heterocycles. The van der Waals surface area contributed by atoms with Crippen molar-refractivity contribution >= 4 is 22.7 Å². The van der Waals surface area contributed by atoms with E-state index in [0.717, 1.165) is 12.8 Å². The molecule has 0 spiro atoms. The fourth-order valence-corrected chi connectivity index (χ4v) is 3.26. The van der Waals surface area contributed by atoms with Crippen molar-refractivity contribution in [2.24, 2.45) is 5.92 Å². The monoisotopic (exact) mass is 332 g/mol. The second-order valence-corrected chi connectivity index (χ2v) is 6.15. The van der Waals surface area contributed by atoms with Gasteiger partial charge in [-0.15, -0.1) is 0 Å². The molecule has 7 nitrogen and oxygen atoms in total. The SMILES string of the molecule is COc1cc2nc(NCC(O)C3CCCC3)nc(N)c2cc1OC. The molecule has 0 radical (unpaired) electrons. The van der Waals surface area contributed by atoms with Crippen LogP contribution in [0, 0.1) is 5.92 Å². The zero-order chi connectivity index (χ0) is 17.1. The lowest BCUT2D eigenvalue weighted by molar-refractivity contribution is 0.122. The molecule has 4 N–H and O–H groups in total. The summed E-state index contributed by atoms with van der Waals surface area (Å²) in [4.78, 5) is 8.75. The molecule has 0 amide bonds. The van der Waals surface area contributed by atoms with Crippen LogP contribution in [0.3, 0.4) is 0 Å². The normalized spacial score (nSPS) is 16.3. The van der Waals surface area contributed by atoms with Crippen LogP contribution >= 0.6 is 0 Å². The Morgan fingerprint density at radius 1 is 1.21 bits per heavy atom. The Labute approximate surface area is 141 Å². The fourth-order valence-electron chi connectivity index (χ4n) is 3.26. The van der Waals surface area contributed by atoms with Gasteiger partial charge in [0.1, 0.15) is 5.82 Å². The first-order valence-electron chi connectivity index (χ1n) is 8.23. The number of methoxy groups -OCH3 is 2. The number of nitrogen functional groups attached to an aromatic ring is 1. The van der Waals surface area contributed by atoms with E-state index in [9.17, 15) is 5.11 Å². The highest BCUT2D eigenvalue weighted by Crippen LogP contribution is 2.33. The Balaban J connectivity index is 1.81. The summed E-state index contributed by atoms with van der Waals surface area (Å²) in [5.41, 5.74) is 6.72. The van der Waals surface area contributed by atoms with E-state index >= 15 is 0 Å². The van der Waals surface area contributed by atoms with Crippen LogP contribution in [-0.4, -0.2) is 41.9 Å². The molecule has 1 aromatic carbocycles. The lowest BCUT2D eigenvalue weighted by Gasteiger charge is -2.18. The number of aromatic nitrogens is 2. The summed E-state index contributed by atoms with van der Waals surface area (Å²) < 4.78 is 10.6. The van der Waals surface area contributed by atoms with Gasteiger partial charge in [0, 0.05) is 18.0 Å². The number of ether oxygens (including phenoxy) is 2. The number of benzene rings is 1. The third-order valence-electron chi connectivity index (χ3n) is 4.64. The molecule has 3 rings (SSSR count). The molecule has 24 heavy (non-hydrogen) atoms. The number of rotatable bonds is 6. The lowest BCUT2D eigenvalue weighted by atomic mass is 10.0. The summed E-state index contributed by atoms with van der Waals surface area (Å²) in [6.07, 6.45) is 4.17. The van der Waals surface area contributed by atoms with Crippen LogP contribution in [-0.2, 0) is 0 Å². The van der Waals surface area contributed by atoms with Crippen molar-refractivity contribution in [2.75, 3.05) is 31.8 Å². The first kappa shape index (κ1) is 16.6. The van der Waals surface area contributed by atoms with Crippen LogP contribution in [0.4, 0.5) is 11.8 Å². The van der Waals surface area contributed by atoms with Crippen molar-refractivity contribution in [3.05, 3.63) is 12.1 Å². The summed E-state index contributed by atoms with van der Waals surface area (Å²) in [7, 11) is 3.15. The van der Waals surface area contributed by atoms with Gasteiger partial charge in [0.05, 0.1) is 25.8 Å². The average Bonchev–Trinajstić information content (AvgIpc) is 3.13. The molecular weight excluding hydrogens is 308 g/mol. The van der Waals surface area contributed by atoms with E-state index in [1.54, 1.807) is 26.4 Å². The Hall–Kier alpha value is -2.28. The number of hydrogen-bond acceptors (Lipinski definition) is 7. The van der Waals surface area contributed by atoms with E-state index in [1.165, 1.54) is 12.8 Å². The van der Waals surface area contributed by atoms with E-state index in [4.69, 9.17) is 15.2 Å². The minimum Gasteiger partial charge on any atom is -0.493 e. The van der Waals surface area contributed by atoms with E-state index in [-0.39, 0.29) is 0 Å². The highest BCUT2D eigenvalue weighted by molar-refractivity contribution is 5.91. The van der Waals surface area contributed by atoms with E-state index < -0.39 is 6.10 Å². The lowest BCUT2D eigenvalue weighted by Crippen LogP contribution is -2.27. The first-order chi connectivity index (χ1) is 11.6. The topological polar surface area (TPSA) is 103 Å². The molecule has 1 aliphatic rings. The molecule has 1 unspecified atom stereocenters. The molecule has 1 heterocycles. The highest BCUT2D eigenvalue weighted by atomic mass is 16.5. The summed E-state index contributed by atoms with van der Waals surface area (Å²) in [5, 5.41) is 14.1. The quantitative estimate of drug-likeness (QED) is 0.745. The van der Waals surface area contributed by atoms with E-state index in [0.29, 0.717) is 46.6 Å². The molecule has 1 aliphatic carbocycles. The molecule has 2 aromatic rings. The van der Waals surface area contributed by atoms with Gasteiger partial charge in [-0.3, -0.25) is 0 Å². The molecular formula is C17H24N4O3. The zero-order valence-electron chi connectivity index (χ0n) is 14.1. The number of anilines is 2. The average molecular weight is 332 g/mol. The minimum atomic E-state index is -0.390. The van der Waals surface area contributed by atoms with Crippen molar-refractivity contribution in [2.45, 2.75) is 31.8 Å². The number of nitrogens with two attached hydrogens (primary N) is 1. The maximum absolute atomic E-state index is 10.3. The number of aliphatic hydroxyl groups excluding tert-OH is 1. The molecule has 1 atom stereocenters. The Morgan fingerprint density at radius 3 is 2.54 bits per heavy atom. The van der Waals surface area contributed by atoms with Gasteiger partial charge in [-0.1, -0.05) is 12.8 Å². The minimum absolute atomic E-state index is 0.360. The third-order valence-corrected chi connectivity index (χ3v) is 4.64. The largest absolute Gasteiger partial charge is 0.493 e. The molecule has 0 bridgehead atoms. The van der Waals surface area contributed by atoms with E-state index in [1.807, 2.05) is 0 Å². The fraction of sp³-hybridized carbons (Fsp3) is 0.529. The molecule has 130 valence electrons. The Bertz CT molecular complexity index is 717. The predicted octanol–water partition coefficient (Wildman–Crippen LogP) is 2.19. The van der Waals surface area contributed by atoms with Gasteiger partial charge in [0.15, 0.2) is 11.5 Å². The van der Waals surface area contributed by atoms with Crippen LogP contribution in [0.15, 0.2) is 12.1 Å². The Kier molecular flexibility index (Phi) is 4.89. The third kappa shape index (κ3) is 3.31. The van der Waals surface area contributed by atoms with Gasteiger partial charge >= 0.3 is 0 Å². The van der Waals surface area contributed by atoms with Crippen LogP contribution in [0.25, 0.3) is 10.9 Å². The maximum Gasteiger partial charge on any atom is 0.225 e. The van der Waals surface area contributed by atoms with Crippen molar-refractivity contribution in [3.8, 4) is 11.5 Å². The van der Waals surface area contributed by atoms with Gasteiger partial charge in [-0.2, -0.15) is 4.98 Å². The van der Waals surface area contributed by atoms with Crippen LogP contribution < -0.4 is 20.5 Å². The number of nitrogens with zero attached hydrogens (tertiary/aromatic N) is 2. The standard InChI is InChI=1S/C17H24N4O3/c1-23-14-7-11-12(8-15(14)24-2)20-17(21-16(11)18)19-9-13(22)10-5-3-4-6-10/h7-8,10,13,22H,3-6,9H2,1-2H3,(H3,18,19,20,21). The van der Waals surface area contributed by atoms with E-state index in [2.05, 4.69) is 15.3 Å². The maximum atomic E-state index is 10.3. The van der Waals surface area contributed by atoms with Gasteiger partial charge in [-0.05, 0) is 24.8 Å². The second kappa shape index (κ2) is 7.09. The summed E-state index contributed by atoms with van der Waals surface area (Å²) in [6.45, 7) is 0.420. The van der Waals surface area contributed by atoms with Crippen LogP contribution in [0.5, 0.6) is 11.5 Å². The van der Waals surface area contributed by atoms with Crippen molar-refractivity contribution in [3.63, 3.8) is 0 Å². The van der Waals surface area contributed by atoms with Crippen molar-refractivity contribution < 1.29 is 14.6 Å². The van der Waals surface area contributed by atoms with Crippen LogP contribution in [0.1, 0.15) is 25.7 Å². The van der Waals surface area contributed by atoms with Gasteiger partial charge in [-0.25, -0.2) is 4.98 Å². The second-order valence-electron chi connectivity index (χ2n) is 6.15. The van der Waals surface area contributed by atoms with Crippen molar-refractivity contribution in [1.29, 1.82) is 0 Å². The highest BCUT2D eigenvalue weighted by Gasteiger charge is 2.23. The molecule has 1 fully saturated rings.